The molecular weight excluding hydrogens is 410 g/mol. The number of aromatic amines is 1. The molecule has 0 amide bonds. The molecule has 0 saturated heterocycles. The van der Waals surface area contributed by atoms with Crippen molar-refractivity contribution in [3.8, 4) is 18.1 Å². The number of nitrogens with one attached hydrogen (secondary N) is 3. The van der Waals surface area contributed by atoms with Crippen molar-refractivity contribution in [3.63, 3.8) is 0 Å². The zero-order valence-corrected chi connectivity index (χ0v) is 16.9. The highest BCUT2D eigenvalue weighted by atomic mass is 15.4. The highest BCUT2D eigenvalue weighted by Crippen LogP contribution is 2.35. The Labute approximate surface area is 181 Å². The van der Waals surface area contributed by atoms with Crippen LogP contribution in [-0.4, -0.2) is 41.7 Å². The Kier molecular flexibility index (Phi) is 5.46. The van der Waals surface area contributed by atoms with Gasteiger partial charge in [-0.1, -0.05) is 0 Å². The van der Waals surface area contributed by atoms with Crippen molar-refractivity contribution in [3.05, 3.63) is 53.7 Å². The van der Waals surface area contributed by atoms with Crippen LogP contribution >= 0.6 is 0 Å². The average molecular weight is 425 g/mol. The number of azo groups is 1. The second kappa shape index (κ2) is 8.68. The number of aromatic nitrogens is 7. The normalized spacial score (nSPS) is 10.6. The van der Waals surface area contributed by atoms with E-state index in [1.54, 1.807) is 44.8 Å². The van der Waals surface area contributed by atoms with E-state index in [-0.39, 0.29) is 22.9 Å². The lowest BCUT2D eigenvalue weighted by Crippen LogP contribution is -2.04. The van der Waals surface area contributed by atoms with Crippen LogP contribution in [0.4, 0.5) is 29.1 Å². The lowest BCUT2D eigenvalue weighted by molar-refractivity contribution is 0.803. The molecule has 32 heavy (non-hydrogen) atoms. The van der Waals surface area contributed by atoms with Crippen LogP contribution in [0.3, 0.4) is 0 Å². The van der Waals surface area contributed by atoms with Gasteiger partial charge in [-0.3, -0.25) is 0 Å². The Hall–Kier alpha value is -5.17. The molecule has 0 unspecified atom stereocenters. The Bertz CT molecular complexity index is 1360. The van der Waals surface area contributed by atoms with E-state index < -0.39 is 0 Å². The van der Waals surface area contributed by atoms with Crippen molar-refractivity contribution in [2.45, 2.75) is 6.92 Å². The van der Waals surface area contributed by atoms with E-state index in [4.69, 9.17) is 0 Å². The second-order valence-electron chi connectivity index (χ2n) is 6.24. The molecule has 0 aromatic carbocycles. The maximum absolute atomic E-state index is 9.72. The first kappa shape index (κ1) is 20.1. The number of H-pyrrole nitrogens is 1. The molecule has 0 saturated carbocycles. The zero-order chi connectivity index (χ0) is 22.5. The van der Waals surface area contributed by atoms with Crippen molar-refractivity contribution in [2.75, 3.05) is 17.7 Å². The van der Waals surface area contributed by atoms with Crippen molar-refractivity contribution < 1.29 is 0 Å². The van der Waals surface area contributed by atoms with Crippen LogP contribution in [0.2, 0.25) is 0 Å². The summed E-state index contributed by atoms with van der Waals surface area (Å²) in [5.41, 5.74) is 1.33. The summed E-state index contributed by atoms with van der Waals surface area (Å²) in [5.74, 6) is 1.51. The minimum Gasteiger partial charge on any atom is -0.371 e. The number of pyridine rings is 1. The summed E-state index contributed by atoms with van der Waals surface area (Å²) in [5, 5.41) is 37.7. The number of hydrogen-bond acceptors (Lipinski definition) is 11. The van der Waals surface area contributed by atoms with Crippen molar-refractivity contribution in [1.82, 2.24) is 34.7 Å². The molecular formula is C19H15N13. The third-order valence-electron chi connectivity index (χ3n) is 4.35. The van der Waals surface area contributed by atoms with Crippen molar-refractivity contribution in [2.24, 2.45) is 10.2 Å². The first-order valence-electron chi connectivity index (χ1n) is 9.22. The fourth-order valence-corrected chi connectivity index (χ4v) is 2.83. The van der Waals surface area contributed by atoms with E-state index in [1.807, 2.05) is 6.07 Å². The third-order valence-corrected chi connectivity index (χ3v) is 4.35. The van der Waals surface area contributed by atoms with E-state index in [0.29, 0.717) is 28.8 Å². The van der Waals surface area contributed by atoms with Gasteiger partial charge in [0.15, 0.2) is 17.5 Å². The monoisotopic (exact) mass is 425 g/mol. The number of hydrogen-bond donors (Lipinski definition) is 3. The number of nitrogens with zero attached hydrogens (tertiary/aromatic N) is 10. The SMILES string of the molecule is CNc1nc(Nc2ncc[nH]2)c(C#N)c(C)c1/N=N/c1c(C#N)cnn1-c1ncccn1. The Morgan fingerprint density at radius 3 is 2.53 bits per heavy atom. The van der Waals surface area contributed by atoms with Gasteiger partial charge < -0.3 is 15.6 Å². The smallest absolute Gasteiger partial charge is 0.252 e. The summed E-state index contributed by atoms with van der Waals surface area (Å²) in [7, 11) is 1.67. The summed E-state index contributed by atoms with van der Waals surface area (Å²) in [6, 6.07) is 5.82. The maximum Gasteiger partial charge on any atom is 0.252 e. The largest absolute Gasteiger partial charge is 0.371 e. The molecule has 0 aliphatic heterocycles. The molecule has 13 heteroatoms. The number of rotatable bonds is 6. The van der Waals surface area contributed by atoms with Gasteiger partial charge in [0.05, 0.1) is 6.20 Å². The summed E-state index contributed by atoms with van der Waals surface area (Å²) in [6.07, 6.45) is 7.68. The van der Waals surface area contributed by atoms with Gasteiger partial charge in [0.1, 0.15) is 29.0 Å². The fourth-order valence-electron chi connectivity index (χ4n) is 2.83. The molecule has 0 bridgehead atoms. The minimum absolute atomic E-state index is 0.149. The maximum atomic E-state index is 9.72. The van der Waals surface area contributed by atoms with Gasteiger partial charge in [0.2, 0.25) is 5.95 Å². The quantitative estimate of drug-likeness (QED) is 0.391. The standard InChI is InChI=1S/C19H15N13/c1-11-13(9-21)15(29-18-23-6-7-24-18)28-16(22-2)14(11)30-31-17-12(8-20)10-27-32(17)19-25-4-3-5-26-19/h3-7,10H,1-2H3,(H3,22,23,24,28,29)/b31-30+. The molecule has 4 heterocycles. The highest BCUT2D eigenvalue weighted by Gasteiger charge is 2.19. The Morgan fingerprint density at radius 2 is 1.88 bits per heavy atom. The lowest BCUT2D eigenvalue weighted by atomic mass is 10.1. The van der Waals surface area contributed by atoms with E-state index in [0.717, 1.165) is 0 Å². The first-order valence-corrected chi connectivity index (χ1v) is 9.22. The van der Waals surface area contributed by atoms with Crippen LogP contribution in [0.1, 0.15) is 16.7 Å². The van der Waals surface area contributed by atoms with Crippen LogP contribution in [0, 0.1) is 29.6 Å². The van der Waals surface area contributed by atoms with Gasteiger partial charge in [-0.05, 0) is 13.0 Å². The van der Waals surface area contributed by atoms with Gasteiger partial charge in [0.25, 0.3) is 5.95 Å². The molecule has 0 spiro atoms. The summed E-state index contributed by atoms with van der Waals surface area (Å²) >= 11 is 0. The molecule has 156 valence electrons. The molecule has 0 atom stereocenters. The summed E-state index contributed by atoms with van der Waals surface area (Å²) in [4.78, 5) is 19.7. The van der Waals surface area contributed by atoms with Crippen LogP contribution in [-0.2, 0) is 0 Å². The van der Waals surface area contributed by atoms with Crippen LogP contribution < -0.4 is 10.6 Å². The van der Waals surface area contributed by atoms with Crippen molar-refractivity contribution >= 4 is 29.1 Å². The summed E-state index contributed by atoms with van der Waals surface area (Å²) < 4.78 is 1.31. The average Bonchev–Trinajstić information content (AvgIpc) is 3.48. The predicted molar refractivity (Wildman–Crippen MR) is 113 cm³/mol. The van der Waals surface area contributed by atoms with Gasteiger partial charge in [-0.2, -0.15) is 20.3 Å². The van der Waals surface area contributed by atoms with E-state index in [9.17, 15) is 10.5 Å². The number of nitriles is 2. The van der Waals surface area contributed by atoms with Gasteiger partial charge in [0, 0.05) is 37.4 Å². The molecule has 4 aromatic rings. The van der Waals surface area contributed by atoms with E-state index in [2.05, 4.69) is 56.9 Å². The van der Waals surface area contributed by atoms with Crippen LogP contribution in [0.5, 0.6) is 0 Å². The van der Waals surface area contributed by atoms with Gasteiger partial charge in [-0.25, -0.2) is 19.9 Å². The zero-order valence-electron chi connectivity index (χ0n) is 16.9. The summed E-state index contributed by atoms with van der Waals surface area (Å²) in [6.45, 7) is 1.73. The molecule has 3 N–H and O–H groups in total. The van der Waals surface area contributed by atoms with Gasteiger partial charge in [-0.15, -0.1) is 10.2 Å². The van der Waals surface area contributed by atoms with Gasteiger partial charge >= 0.3 is 0 Å². The second-order valence-corrected chi connectivity index (χ2v) is 6.24. The Balaban J connectivity index is 1.80. The van der Waals surface area contributed by atoms with E-state index in [1.165, 1.54) is 10.9 Å². The first-order chi connectivity index (χ1) is 15.7. The molecule has 0 fully saturated rings. The highest BCUT2D eigenvalue weighted by molar-refractivity contribution is 5.75. The van der Waals surface area contributed by atoms with Crippen LogP contribution in [0.25, 0.3) is 5.95 Å². The molecule has 4 rings (SSSR count). The minimum atomic E-state index is 0.149. The topological polar surface area (TPSA) is 182 Å². The predicted octanol–water partition coefficient (Wildman–Crippen LogP) is 3.03. The van der Waals surface area contributed by atoms with Crippen LogP contribution in [0.15, 0.2) is 47.3 Å². The molecule has 4 aromatic heterocycles. The fraction of sp³-hybridized carbons (Fsp3) is 0.105. The van der Waals surface area contributed by atoms with Crippen molar-refractivity contribution in [1.29, 1.82) is 10.5 Å². The molecule has 0 aliphatic carbocycles. The molecule has 0 radical (unpaired) electrons. The lowest BCUT2D eigenvalue weighted by Gasteiger charge is -2.13. The number of imidazole rings is 1. The molecule has 0 aliphatic rings. The third kappa shape index (κ3) is 3.69. The number of anilines is 3. The molecule has 13 nitrogen and oxygen atoms in total. The van der Waals surface area contributed by atoms with E-state index >= 15 is 0 Å². The Morgan fingerprint density at radius 1 is 1.06 bits per heavy atom.